The van der Waals surface area contributed by atoms with E-state index in [9.17, 15) is 0 Å². The van der Waals surface area contributed by atoms with Crippen LogP contribution in [0, 0.1) is 0 Å². The number of hydrogen-bond acceptors (Lipinski definition) is 3. The fraction of sp³-hybridized carbons (Fsp3) is 0.700. The summed E-state index contributed by atoms with van der Waals surface area (Å²) in [5.41, 5.74) is 2.56. The van der Waals surface area contributed by atoms with E-state index >= 15 is 0 Å². The molecular formula is C10H16N2OS. The standard InChI is InChI=1S/C10H16N2OS/c1-10(2)5-8-7(6-13-10)9(14-4)11-12(8)3/h5-6H2,1-4H3. The second kappa shape index (κ2) is 3.28. The first kappa shape index (κ1) is 10.1. The van der Waals surface area contributed by atoms with Crippen LogP contribution in [-0.4, -0.2) is 21.6 Å². The summed E-state index contributed by atoms with van der Waals surface area (Å²) in [4.78, 5) is 0. The van der Waals surface area contributed by atoms with Crippen molar-refractivity contribution in [2.75, 3.05) is 6.26 Å². The van der Waals surface area contributed by atoms with Crippen LogP contribution < -0.4 is 0 Å². The molecule has 0 atom stereocenters. The average molecular weight is 212 g/mol. The smallest absolute Gasteiger partial charge is 0.124 e. The molecule has 0 fully saturated rings. The number of nitrogens with zero attached hydrogens (tertiary/aromatic N) is 2. The lowest BCUT2D eigenvalue weighted by molar-refractivity contribution is -0.0423. The summed E-state index contributed by atoms with van der Waals surface area (Å²) < 4.78 is 7.77. The van der Waals surface area contributed by atoms with E-state index in [0.717, 1.165) is 11.4 Å². The highest BCUT2D eigenvalue weighted by atomic mass is 32.2. The number of fused-ring (bicyclic) bond motifs is 1. The van der Waals surface area contributed by atoms with Gasteiger partial charge in [0.2, 0.25) is 0 Å². The van der Waals surface area contributed by atoms with Crippen molar-refractivity contribution in [3.8, 4) is 0 Å². The maximum atomic E-state index is 5.78. The molecule has 4 heteroatoms. The number of thioether (sulfide) groups is 1. The molecule has 14 heavy (non-hydrogen) atoms. The summed E-state index contributed by atoms with van der Waals surface area (Å²) in [5, 5.41) is 5.59. The first-order valence-corrected chi connectivity index (χ1v) is 5.99. The van der Waals surface area contributed by atoms with Crippen molar-refractivity contribution in [3.63, 3.8) is 0 Å². The molecular weight excluding hydrogens is 196 g/mol. The minimum absolute atomic E-state index is 0.0452. The molecule has 0 aromatic carbocycles. The fourth-order valence-corrected chi connectivity index (χ4v) is 2.45. The van der Waals surface area contributed by atoms with Gasteiger partial charge in [0.05, 0.1) is 12.2 Å². The lowest BCUT2D eigenvalue weighted by atomic mass is 9.97. The molecule has 0 saturated carbocycles. The predicted molar refractivity (Wildman–Crippen MR) is 57.6 cm³/mol. The van der Waals surface area contributed by atoms with Crippen molar-refractivity contribution in [3.05, 3.63) is 11.3 Å². The molecule has 0 bridgehead atoms. The Balaban J connectivity index is 2.43. The van der Waals surface area contributed by atoms with Crippen LogP contribution in [0.15, 0.2) is 5.03 Å². The van der Waals surface area contributed by atoms with Crippen LogP contribution >= 0.6 is 11.8 Å². The highest BCUT2D eigenvalue weighted by Crippen LogP contribution is 2.32. The number of aryl methyl sites for hydroxylation is 1. The van der Waals surface area contributed by atoms with Gasteiger partial charge in [-0.3, -0.25) is 4.68 Å². The lowest BCUT2D eigenvalue weighted by Gasteiger charge is -2.30. The molecule has 2 heterocycles. The third-order valence-corrected chi connectivity index (χ3v) is 3.35. The predicted octanol–water partition coefficient (Wildman–Crippen LogP) is 1.99. The zero-order valence-electron chi connectivity index (χ0n) is 9.13. The third-order valence-electron chi connectivity index (χ3n) is 2.63. The molecule has 78 valence electrons. The first-order valence-electron chi connectivity index (χ1n) is 4.76. The van der Waals surface area contributed by atoms with Crippen molar-refractivity contribution in [2.24, 2.45) is 7.05 Å². The van der Waals surface area contributed by atoms with Crippen molar-refractivity contribution < 1.29 is 4.74 Å². The van der Waals surface area contributed by atoms with Crippen molar-refractivity contribution in [1.29, 1.82) is 0 Å². The topological polar surface area (TPSA) is 27.1 Å². The Hall–Kier alpha value is -0.480. The van der Waals surface area contributed by atoms with Gasteiger partial charge in [0, 0.05) is 24.7 Å². The molecule has 1 aromatic heterocycles. The van der Waals surface area contributed by atoms with Gasteiger partial charge in [-0.1, -0.05) is 0 Å². The highest BCUT2D eigenvalue weighted by Gasteiger charge is 2.30. The van der Waals surface area contributed by atoms with Gasteiger partial charge in [0.25, 0.3) is 0 Å². The van der Waals surface area contributed by atoms with Gasteiger partial charge in [0.1, 0.15) is 5.03 Å². The average Bonchev–Trinajstić information content (AvgIpc) is 2.41. The second-order valence-corrected chi connectivity index (χ2v) is 5.08. The van der Waals surface area contributed by atoms with Crippen molar-refractivity contribution in [2.45, 2.75) is 37.5 Å². The van der Waals surface area contributed by atoms with Gasteiger partial charge in [-0.25, -0.2) is 0 Å². The molecule has 0 spiro atoms. The van der Waals surface area contributed by atoms with E-state index in [1.54, 1.807) is 11.8 Å². The van der Waals surface area contributed by atoms with E-state index in [1.165, 1.54) is 11.3 Å². The third kappa shape index (κ3) is 1.57. The molecule has 1 aliphatic rings. The van der Waals surface area contributed by atoms with Crippen LogP contribution in [0.2, 0.25) is 0 Å². The number of ether oxygens (including phenoxy) is 1. The van der Waals surface area contributed by atoms with E-state index in [2.05, 4.69) is 25.2 Å². The fourth-order valence-electron chi connectivity index (χ4n) is 1.83. The summed E-state index contributed by atoms with van der Waals surface area (Å²) in [7, 11) is 2.01. The van der Waals surface area contributed by atoms with Crippen molar-refractivity contribution in [1.82, 2.24) is 9.78 Å². The highest BCUT2D eigenvalue weighted by molar-refractivity contribution is 7.98. The molecule has 0 unspecified atom stereocenters. The van der Waals surface area contributed by atoms with Crippen LogP contribution in [0.1, 0.15) is 25.1 Å². The van der Waals surface area contributed by atoms with Crippen LogP contribution in [0.5, 0.6) is 0 Å². The Morgan fingerprint density at radius 3 is 2.86 bits per heavy atom. The van der Waals surface area contributed by atoms with Crippen LogP contribution in [0.4, 0.5) is 0 Å². The largest absolute Gasteiger partial charge is 0.370 e. The molecule has 2 rings (SSSR count). The Bertz CT molecular complexity index is 357. The van der Waals surface area contributed by atoms with Gasteiger partial charge >= 0.3 is 0 Å². The molecule has 0 radical (unpaired) electrons. The minimum Gasteiger partial charge on any atom is -0.370 e. The first-order chi connectivity index (χ1) is 6.53. The number of hydrogen-bond donors (Lipinski definition) is 0. The maximum Gasteiger partial charge on any atom is 0.124 e. The van der Waals surface area contributed by atoms with E-state index < -0.39 is 0 Å². The van der Waals surface area contributed by atoms with Gasteiger partial charge in [-0.05, 0) is 20.1 Å². The SMILES string of the molecule is CSc1nn(C)c2c1COC(C)(C)C2. The van der Waals surface area contributed by atoms with Crippen LogP contribution in [-0.2, 0) is 24.8 Å². The monoisotopic (exact) mass is 212 g/mol. The quantitative estimate of drug-likeness (QED) is 0.666. The van der Waals surface area contributed by atoms with E-state index in [1.807, 2.05) is 11.7 Å². The normalized spacial score (nSPS) is 19.4. The molecule has 3 nitrogen and oxygen atoms in total. The van der Waals surface area contributed by atoms with Crippen LogP contribution in [0.3, 0.4) is 0 Å². The number of aromatic nitrogens is 2. The van der Waals surface area contributed by atoms with E-state index in [0.29, 0.717) is 6.61 Å². The maximum absolute atomic E-state index is 5.78. The molecule has 0 N–H and O–H groups in total. The zero-order valence-corrected chi connectivity index (χ0v) is 9.94. The Labute approximate surface area is 88.8 Å². The lowest BCUT2D eigenvalue weighted by Crippen LogP contribution is -2.32. The zero-order chi connectivity index (χ0) is 10.3. The summed E-state index contributed by atoms with van der Waals surface area (Å²) in [6.45, 7) is 4.95. The molecule has 1 aliphatic heterocycles. The molecule has 1 aromatic rings. The van der Waals surface area contributed by atoms with E-state index in [4.69, 9.17) is 4.74 Å². The number of rotatable bonds is 1. The Morgan fingerprint density at radius 1 is 1.50 bits per heavy atom. The summed E-state index contributed by atoms with van der Waals surface area (Å²) >= 11 is 1.69. The second-order valence-electron chi connectivity index (χ2n) is 4.28. The summed E-state index contributed by atoms with van der Waals surface area (Å²) in [5.74, 6) is 0. The van der Waals surface area contributed by atoms with Gasteiger partial charge < -0.3 is 4.74 Å². The van der Waals surface area contributed by atoms with Crippen molar-refractivity contribution >= 4 is 11.8 Å². The molecule has 0 aliphatic carbocycles. The summed E-state index contributed by atoms with van der Waals surface area (Å²) in [6, 6.07) is 0. The Morgan fingerprint density at radius 2 is 2.21 bits per heavy atom. The van der Waals surface area contributed by atoms with E-state index in [-0.39, 0.29) is 5.60 Å². The minimum atomic E-state index is -0.0452. The molecule has 0 saturated heterocycles. The molecule has 0 amide bonds. The van der Waals surface area contributed by atoms with Crippen LogP contribution in [0.25, 0.3) is 0 Å². The Kier molecular flexibility index (Phi) is 2.35. The van der Waals surface area contributed by atoms with Gasteiger partial charge in [0.15, 0.2) is 0 Å². The summed E-state index contributed by atoms with van der Waals surface area (Å²) in [6.07, 6.45) is 3.01. The van der Waals surface area contributed by atoms with Gasteiger partial charge in [-0.15, -0.1) is 11.8 Å². The van der Waals surface area contributed by atoms with Gasteiger partial charge in [-0.2, -0.15) is 5.10 Å².